The zero-order chi connectivity index (χ0) is 16.8. The van der Waals surface area contributed by atoms with Crippen LogP contribution in [0.3, 0.4) is 0 Å². The number of rotatable bonds is 7. The lowest BCUT2D eigenvalue weighted by Gasteiger charge is -2.16. The molecule has 0 aliphatic carbocycles. The number of carbonyl (C=O) groups excluding carboxylic acids is 1. The minimum Gasteiger partial charge on any atom is -0.467 e. The fourth-order valence-corrected chi connectivity index (χ4v) is 2.36. The van der Waals surface area contributed by atoms with Crippen LogP contribution in [-0.2, 0) is 6.54 Å². The maximum Gasteiger partial charge on any atom is 0.254 e. The third kappa shape index (κ3) is 3.67. The summed E-state index contributed by atoms with van der Waals surface area (Å²) in [5.41, 5.74) is 1.16. The molecule has 1 amide bonds. The van der Waals surface area contributed by atoms with Crippen molar-refractivity contribution in [1.82, 2.24) is 5.32 Å². The van der Waals surface area contributed by atoms with E-state index in [-0.39, 0.29) is 12.5 Å². The van der Waals surface area contributed by atoms with Gasteiger partial charge in [0, 0.05) is 5.69 Å². The molecule has 124 valence electrons. The van der Waals surface area contributed by atoms with Gasteiger partial charge >= 0.3 is 0 Å². The van der Waals surface area contributed by atoms with Crippen LogP contribution in [0.4, 0.5) is 5.69 Å². The van der Waals surface area contributed by atoms with E-state index in [1.54, 1.807) is 30.5 Å². The molecule has 0 aliphatic rings. The van der Waals surface area contributed by atoms with Gasteiger partial charge in [-0.1, -0.05) is 12.1 Å². The molecule has 3 rings (SSSR count). The maximum absolute atomic E-state index is 12.6. The predicted molar refractivity (Wildman–Crippen MR) is 88.5 cm³/mol. The van der Waals surface area contributed by atoms with Crippen LogP contribution in [0.2, 0.25) is 0 Å². The third-order valence-electron chi connectivity index (χ3n) is 3.58. The average molecular weight is 326 g/mol. The van der Waals surface area contributed by atoms with Crippen LogP contribution >= 0.6 is 0 Å². The molecule has 0 aliphatic heterocycles. The van der Waals surface area contributed by atoms with Crippen molar-refractivity contribution in [3.8, 4) is 0 Å². The quantitative estimate of drug-likeness (QED) is 0.621. The number of amides is 1. The Morgan fingerprint density at radius 2 is 1.83 bits per heavy atom. The zero-order valence-electron chi connectivity index (χ0n) is 12.9. The van der Waals surface area contributed by atoms with Gasteiger partial charge in [-0.15, -0.1) is 0 Å². The second-order valence-electron chi connectivity index (χ2n) is 5.20. The van der Waals surface area contributed by atoms with Gasteiger partial charge in [0.2, 0.25) is 0 Å². The summed E-state index contributed by atoms with van der Waals surface area (Å²) in [6, 6.07) is 13.7. The highest BCUT2D eigenvalue weighted by atomic mass is 16.3. The fraction of sp³-hybridized carbons (Fsp3) is 0.167. The first-order valence-electron chi connectivity index (χ1n) is 7.58. The summed E-state index contributed by atoms with van der Waals surface area (Å²) >= 11 is 0. The van der Waals surface area contributed by atoms with E-state index in [1.165, 1.54) is 6.26 Å². The van der Waals surface area contributed by atoms with Crippen molar-refractivity contribution in [2.45, 2.75) is 12.6 Å². The Hall–Kier alpha value is -2.99. The Labute approximate surface area is 139 Å². The Bertz CT molecular complexity index is 766. The topological polar surface area (TPSA) is 87.6 Å². The van der Waals surface area contributed by atoms with E-state index in [4.69, 9.17) is 8.83 Å². The molecule has 24 heavy (non-hydrogen) atoms. The monoisotopic (exact) mass is 326 g/mol. The molecule has 2 heterocycles. The number of hydrogen-bond donors (Lipinski definition) is 3. The van der Waals surface area contributed by atoms with Crippen LogP contribution in [0.25, 0.3) is 0 Å². The smallest absolute Gasteiger partial charge is 0.254 e. The molecule has 2 aromatic heterocycles. The van der Waals surface area contributed by atoms with Gasteiger partial charge in [0.15, 0.2) is 0 Å². The molecule has 3 N–H and O–H groups in total. The number of carbonyl (C=O) groups is 1. The minimum atomic E-state index is -0.592. The lowest BCUT2D eigenvalue weighted by atomic mass is 10.1. The number of benzene rings is 1. The molecule has 1 atom stereocenters. The van der Waals surface area contributed by atoms with Crippen LogP contribution in [0, 0.1) is 0 Å². The van der Waals surface area contributed by atoms with Crippen LogP contribution in [0.5, 0.6) is 0 Å². The Morgan fingerprint density at radius 3 is 2.54 bits per heavy atom. The molecular formula is C18H18N2O4. The highest BCUT2D eigenvalue weighted by Crippen LogP contribution is 2.19. The molecule has 0 radical (unpaired) electrons. The summed E-state index contributed by atoms with van der Waals surface area (Å²) in [7, 11) is 0. The van der Waals surface area contributed by atoms with Gasteiger partial charge in [-0.25, -0.2) is 0 Å². The van der Waals surface area contributed by atoms with E-state index in [9.17, 15) is 9.90 Å². The van der Waals surface area contributed by atoms with E-state index in [2.05, 4.69) is 10.6 Å². The standard InChI is InChI=1S/C18H18N2O4/c21-12-16(17-8-4-10-24-17)20-18(22)14-6-1-2-7-15(14)19-11-13-5-3-9-23-13/h1-10,16,19,21H,11-12H2,(H,20,22). The predicted octanol–water partition coefficient (Wildman–Crippen LogP) is 2.95. The lowest BCUT2D eigenvalue weighted by molar-refractivity contribution is 0.0908. The maximum atomic E-state index is 12.6. The Morgan fingerprint density at radius 1 is 1.04 bits per heavy atom. The summed E-state index contributed by atoms with van der Waals surface area (Å²) in [5, 5.41) is 15.4. The van der Waals surface area contributed by atoms with Gasteiger partial charge in [0.25, 0.3) is 5.91 Å². The largest absolute Gasteiger partial charge is 0.467 e. The number of nitrogens with one attached hydrogen (secondary N) is 2. The van der Waals surface area contributed by atoms with Gasteiger partial charge < -0.3 is 24.6 Å². The van der Waals surface area contributed by atoms with Gasteiger partial charge in [-0.05, 0) is 36.4 Å². The molecular weight excluding hydrogens is 308 g/mol. The van der Waals surface area contributed by atoms with E-state index in [0.29, 0.717) is 23.6 Å². The Balaban J connectivity index is 1.72. The number of aliphatic hydroxyl groups is 1. The van der Waals surface area contributed by atoms with Crippen molar-refractivity contribution in [3.05, 3.63) is 78.1 Å². The van der Waals surface area contributed by atoms with Gasteiger partial charge in [0.1, 0.15) is 17.6 Å². The zero-order valence-corrected chi connectivity index (χ0v) is 12.9. The molecule has 0 saturated carbocycles. The van der Waals surface area contributed by atoms with E-state index in [0.717, 1.165) is 5.76 Å². The van der Waals surface area contributed by atoms with Crippen molar-refractivity contribution in [1.29, 1.82) is 0 Å². The number of aliphatic hydroxyl groups excluding tert-OH is 1. The second-order valence-corrected chi connectivity index (χ2v) is 5.20. The molecule has 1 aromatic carbocycles. The molecule has 6 heteroatoms. The molecule has 0 spiro atoms. The molecule has 3 aromatic rings. The summed E-state index contributed by atoms with van der Waals surface area (Å²) in [4.78, 5) is 12.6. The first-order chi connectivity index (χ1) is 11.8. The van der Waals surface area contributed by atoms with E-state index >= 15 is 0 Å². The van der Waals surface area contributed by atoms with Crippen molar-refractivity contribution >= 4 is 11.6 Å². The van der Waals surface area contributed by atoms with Crippen molar-refractivity contribution in [3.63, 3.8) is 0 Å². The fourth-order valence-electron chi connectivity index (χ4n) is 2.36. The first kappa shape index (κ1) is 15.9. The molecule has 0 bridgehead atoms. The molecule has 1 unspecified atom stereocenters. The second kappa shape index (κ2) is 7.52. The minimum absolute atomic E-state index is 0.249. The summed E-state index contributed by atoms with van der Waals surface area (Å²) in [6.07, 6.45) is 3.11. The van der Waals surface area contributed by atoms with Crippen molar-refractivity contribution in [2.24, 2.45) is 0 Å². The van der Waals surface area contributed by atoms with Crippen LogP contribution in [0.1, 0.15) is 27.9 Å². The molecule has 6 nitrogen and oxygen atoms in total. The van der Waals surface area contributed by atoms with Crippen molar-refractivity contribution < 1.29 is 18.7 Å². The van der Waals surface area contributed by atoms with Gasteiger partial charge in [-0.3, -0.25) is 4.79 Å². The van der Waals surface area contributed by atoms with Gasteiger partial charge in [-0.2, -0.15) is 0 Å². The number of hydrogen-bond acceptors (Lipinski definition) is 5. The number of anilines is 1. The summed E-state index contributed by atoms with van der Waals surface area (Å²) < 4.78 is 10.5. The van der Waals surface area contributed by atoms with Crippen LogP contribution in [0.15, 0.2) is 69.9 Å². The highest BCUT2D eigenvalue weighted by molar-refractivity contribution is 5.99. The lowest BCUT2D eigenvalue weighted by Crippen LogP contribution is -2.31. The number of furan rings is 2. The summed E-state index contributed by atoms with van der Waals surface area (Å²) in [6.45, 7) is 0.222. The Kier molecular flexibility index (Phi) is 4.98. The van der Waals surface area contributed by atoms with Crippen LogP contribution in [-0.4, -0.2) is 17.6 Å². The van der Waals surface area contributed by atoms with E-state index in [1.807, 2.05) is 24.3 Å². The van der Waals surface area contributed by atoms with E-state index < -0.39 is 6.04 Å². The highest BCUT2D eigenvalue weighted by Gasteiger charge is 2.19. The molecule has 0 fully saturated rings. The SMILES string of the molecule is O=C(NC(CO)c1ccco1)c1ccccc1NCc1ccco1. The first-order valence-corrected chi connectivity index (χ1v) is 7.58. The molecule has 0 saturated heterocycles. The number of para-hydroxylation sites is 1. The third-order valence-corrected chi connectivity index (χ3v) is 3.58. The normalized spacial score (nSPS) is 11.9. The van der Waals surface area contributed by atoms with Crippen molar-refractivity contribution in [2.75, 3.05) is 11.9 Å². The van der Waals surface area contributed by atoms with Crippen LogP contribution < -0.4 is 10.6 Å². The average Bonchev–Trinajstić information content (AvgIpc) is 3.31. The summed E-state index contributed by atoms with van der Waals surface area (Å²) in [5.74, 6) is 0.980. The van der Waals surface area contributed by atoms with Gasteiger partial charge in [0.05, 0.1) is 31.2 Å².